The summed E-state index contributed by atoms with van der Waals surface area (Å²) in [6, 6.07) is 7.66. The SMILES string of the molecule is CCCCC(NC(N)=O)C(=O)N1CCC(CCc2ccc(C)cc2)CC1. The van der Waals surface area contributed by atoms with Crippen molar-refractivity contribution in [1.82, 2.24) is 10.2 Å². The van der Waals surface area contributed by atoms with E-state index in [1.165, 1.54) is 17.5 Å². The average molecular weight is 360 g/mol. The molecule has 0 saturated carbocycles. The molecule has 26 heavy (non-hydrogen) atoms. The Labute approximate surface area is 157 Å². The summed E-state index contributed by atoms with van der Waals surface area (Å²) in [5.41, 5.74) is 7.92. The van der Waals surface area contributed by atoms with Crippen LogP contribution in [0.2, 0.25) is 0 Å². The van der Waals surface area contributed by atoms with E-state index in [0.717, 1.165) is 45.2 Å². The second kappa shape index (κ2) is 10.2. The number of likely N-dealkylation sites (tertiary alicyclic amines) is 1. The lowest BCUT2D eigenvalue weighted by atomic mass is 9.90. The molecule has 2 rings (SSSR count). The number of unbranched alkanes of at least 4 members (excludes halogenated alkanes) is 1. The quantitative estimate of drug-likeness (QED) is 0.746. The number of amides is 3. The highest BCUT2D eigenvalue weighted by Gasteiger charge is 2.28. The molecule has 1 fully saturated rings. The molecule has 0 spiro atoms. The number of urea groups is 1. The standard InChI is InChI=1S/C21H33N3O2/c1-3-4-5-19(23-21(22)26)20(25)24-14-12-18(13-15-24)11-10-17-8-6-16(2)7-9-17/h6-9,18-19H,3-5,10-15H2,1-2H3,(H3,22,23,26). The van der Waals surface area contributed by atoms with E-state index in [-0.39, 0.29) is 5.91 Å². The molecule has 0 bridgehead atoms. The van der Waals surface area contributed by atoms with Crippen molar-refractivity contribution >= 4 is 11.9 Å². The monoisotopic (exact) mass is 359 g/mol. The lowest BCUT2D eigenvalue weighted by molar-refractivity contribution is -0.134. The van der Waals surface area contributed by atoms with E-state index in [1.807, 2.05) is 4.90 Å². The van der Waals surface area contributed by atoms with Crippen molar-refractivity contribution in [3.05, 3.63) is 35.4 Å². The minimum absolute atomic E-state index is 0.0224. The molecular formula is C21H33N3O2. The Morgan fingerprint density at radius 3 is 2.46 bits per heavy atom. The number of piperidine rings is 1. The van der Waals surface area contributed by atoms with Gasteiger partial charge in [-0.15, -0.1) is 0 Å². The molecule has 144 valence electrons. The van der Waals surface area contributed by atoms with Crippen LogP contribution in [0.5, 0.6) is 0 Å². The van der Waals surface area contributed by atoms with Gasteiger partial charge in [0.2, 0.25) is 5.91 Å². The highest BCUT2D eigenvalue weighted by Crippen LogP contribution is 2.23. The number of carbonyl (C=O) groups is 2. The number of hydrogen-bond donors (Lipinski definition) is 2. The number of hydrogen-bond acceptors (Lipinski definition) is 2. The van der Waals surface area contributed by atoms with Gasteiger partial charge in [0.05, 0.1) is 0 Å². The van der Waals surface area contributed by atoms with Crippen LogP contribution in [0.15, 0.2) is 24.3 Å². The topological polar surface area (TPSA) is 75.4 Å². The number of benzene rings is 1. The Hall–Kier alpha value is -2.04. The zero-order valence-electron chi connectivity index (χ0n) is 16.2. The van der Waals surface area contributed by atoms with Gasteiger partial charge >= 0.3 is 6.03 Å². The number of carbonyl (C=O) groups excluding carboxylic acids is 2. The summed E-state index contributed by atoms with van der Waals surface area (Å²) in [5.74, 6) is 0.688. The molecule has 5 heteroatoms. The molecule has 1 aliphatic rings. The minimum Gasteiger partial charge on any atom is -0.352 e. The predicted octanol–water partition coefficient (Wildman–Crippen LogP) is 3.39. The Balaban J connectivity index is 1.79. The Morgan fingerprint density at radius 2 is 1.88 bits per heavy atom. The summed E-state index contributed by atoms with van der Waals surface area (Å²) in [6.07, 6.45) is 6.90. The summed E-state index contributed by atoms with van der Waals surface area (Å²) in [5, 5.41) is 2.62. The van der Waals surface area contributed by atoms with E-state index in [2.05, 4.69) is 43.4 Å². The number of nitrogens with zero attached hydrogens (tertiary/aromatic N) is 1. The molecule has 3 N–H and O–H groups in total. The molecule has 5 nitrogen and oxygen atoms in total. The van der Waals surface area contributed by atoms with E-state index < -0.39 is 12.1 Å². The summed E-state index contributed by atoms with van der Waals surface area (Å²) >= 11 is 0. The second-order valence-corrected chi connectivity index (χ2v) is 7.50. The fourth-order valence-electron chi connectivity index (χ4n) is 3.63. The molecule has 1 aromatic carbocycles. The van der Waals surface area contributed by atoms with Crippen LogP contribution in [0, 0.1) is 12.8 Å². The van der Waals surface area contributed by atoms with Gasteiger partial charge in [-0.25, -0.2) is 4.79 Å². The third-order valence-electron chi connectivity index (χ3n) is 5.35. The highest BCUT2D eigenvalue weighted by molar-refractivity contribution is 5.86. The third kappa shape index (κ3) is 6.36. The second-order valence-electron chi connectivity index (χ2n) is 7.50. The average Bonchev–Trinajstić information content (AvgIpc) is 2.64. The van der Waals surface area contributed by atoms with Gasteiger partial charge in [0.1, 0.15) is 6.04 Å². The van der Waals surface area contributed by atoms with Gasteiger partial charge in [0.15, 0.2) is 0 Å². The molecule has 1 atom stereocenters. The Kier molecular flexibility index (Phi) is 7.95. The van der Waals surface area contributed by atoms with E-state index in [0.29, 0.717) is 12.3 Å². The van der Waals surface area contributed by atoms with Crippen LogP contribution < -0.4 is 11.1 Å². The third-order valence-corrected chi connectivity index (χ3v) is 5.35. The maximum atomic E-state index is 12.7. The summed E-state index contributed by atoms with van der Waals surface area (Å²) in [7, 11) is 0. The smallest absolute Gasteiger partial charge is 0.312 e. The first kappa shape index (κ1) is 20.3. The first-order valence-corrected chi connectivity index (χ1v) is 9.90. The summed E-state index contributed by atoms with van der Waals surface area (Å²) in [6.45, 7) is 5.74. The van der Waals surface area contributed by atoms with Crippen molar-refractivity contribution in [1.29, 1.82) is 0 Å². The molecule has 0 radical (unpaired) electrons. The Morgan fingerprint density at radius 1 is 1.23 bits per heavy atom. The van der Waals surface area contributed by atoms with Gasteiger partial charge in [-0.05, 0) is 50.5 Å². The van der Waals surface area contributed by atoms with E-state index in [4.69, 9.17) is 5.73 Å². The number of nitrogens with one attached hydrogen (secondary N) is 1. The van der Waals surface area contributed by atoms with Crippen molar-refractivity contribution in [3.8, 4) is 0 Å². The largest absolute Gasteiger partial charge is 0.352 e. The number of nitrogens with two attached hydrogens (primary N) is 1. The Bertz CT molecular complexity index is 577. The van der Waals surface area contributed by atoms with Crippen LogP contribution >= 0.6 is 0 Å². The number of rotatable bonds is 8. The van der Waals surface area contributed by atoms with Crippen LogP contribution in [0.4, 0.5) is 4.79 Å². The van der Waals surface area contributed by atoms with Crippen LogP contribution in [0.1, 0.15) is 56.6 Å². The van der Waals surface area contributed by atoms with Crippen molar-refractivity contribution in [3.63, 3.8) is 0 Å². The lowest BCUT2D eigenvalue weighted by Gasteiger charge is -2.34. The summed E-state index contributed by atoms with van der Waals surface area (Å²) < 4.78 is 0. The molecule has 0 aromatic heterocycles. The molecule has 0 aliphatic carbocycles. The number of aryl methyl sites for hydroxylation is 2. The van der Waals surface area contributed by atoms with Crippen molar-refractivity contribution < 1.29 is 9.59 Å². The van der Waals surface area contributed by atoms with E-state index >= 15 is 0 Å². The van der Waals surface area contributed by atoms with Crippen LogP contribution in [-0.4, -0.2) is 36.0 Å². The van der Waals surface area contributed by atoms with Gasteiger partial charge in [0.25, 0.3) is 0 Å². The van der Waals surface area contributed by atoms with E-state index in [9.17, 15) is 9.59 Å². The van der Waals surface area contributed by atoms with Crippen molar-refractivity contribution in [2.24, 2.45) is 11.7 Å². The van der Waals surface area contributed by atoms with E-state index in [1.54, 1.807) is 0 Å². The normalized spacial score (nSPS) is 16.3. The highest BCUT2D eigenvalue weighted by atomic mass is 16.2. The molecule has 1 saturated heterocycles. The van der Waals surface area contributed by atoms with Crippen LogP contribution in [0.3, 0.4) is 0 Å². The maximum Gasteiger partial charge on any atom is 0.312 e. The van der Waals surface area contributed by atoms with Gasteiger partial charge < -0.3 is 16.0 Å². The van der Waals surface area contributed by atoms with Gasteiger partial charge in [-0.1, -0.05) is 49.6 Å². The van der Waals surface area contributed by atoms with Gasteiger partial charge in [-0.3, -0.25) is 4.79 Å². The predicted molar refractivity (Wildman–Crippen MR) is 105 cm³/mol. The first-order chi connectivity index (χ1) is 12.5. The molecule has 1 heterocycles. The molecule has 1 unspecified atom stereocenters. The van der Waals surface area contributed by atoms with Crippen LogP contribution in [-0.2, 0) is 11.2 Å². The number of primary amides is 1. The fourth-order valence-corrected chi connectivity index (χ4v) is 3.63. The minimum atomic E-state index is -0.618. The van der Waals surface area contributed by atoms with Crippen LogP contribution in [0.25, 0.3) is 0 Å². The molecular weight excluding hydrogens is 326 g/mol. The summed E-state index contributed by atoms with van der Waals surface area (Å²) in [4.78, 5) is 25.8. The first-order valence-electron chi connectivity index (χ1n) is 9.90. The molecule has 1 aromatic rings. The van der Waals surface area contributed by atoms with Crippen molar-refractivity contribution in [2.75, 3.05) is 13.1 Å². The van der Waals surface area contributed by atoms with Crippen molar-refractivity contribution in [2.45, 2.75) is 64.8 Å². The fraction of sp³-hybridized carbons (Fsp3) is 0.619. The lowest BCUT2D eigenvalue weighted by Crippen LogP contribution is -2.51. The zero-order chi connectivity index (χ0) is 18.9. The molecule has 3 amide bonds. The molecule has 1 aliphatic heterocycles. The van der Waals surface area contributed by atoms with Gasteiger partial charge in [-0.2, -0.15) is 0 Å². The zero-order valence-corrected chi connectivity index (χ0v) is 16.2. The maximum absolute atomic E-state index is 12.7. The van der Waals surface area contributed by atoms with Gasteiger partial charge in [0, 0.05) is 13.1 Å².